The minimum atomic E-state index is -1.51. The van der Waals surface area contributed by atoms with Crippen molar-refractivity contribution in [2.45, 2.75) is 24.9 Å². The largest absolute Gasteiger partial charge is 0.394 e. The molecule has 1 fully saturated rings. The van der Waals surface area contributed by atoms with E-state index in [1.807, 2.05) is 0 Å². The summed E-state index contributed by atoms with van der Waals surface area (Å²) in [6.07, 6.45) is -1.73. The van der Waals surface area contributed by atoms with E-state index in [4.69, 9.17) is 9.84 Å². The van der Waals surface area contributed by atoms with Gasteiger partial charge in [-0.2, -0.15) is 0 Å². The van der Waals surface area contributed by atoms with Crippen molar-refractivity contribution < 1.29 is 20.1 Å². The lowest BCUT2D eigenvalue weighted by Gasteiger charge is -2.16. The summed E-state index contributed by atoms with van der Waals surface area (Å²) in [6.45, 7) is 4.51. The fraction of sp³-hybridized carbons (Fsp3) is 0.714. The van der Waals surface area contributed by atoms with Gasteiger partial charge in [0.15, 0.2) is 5.79 Å². The molecule has 4 nitrogen and oxygen atoms in total. The van der Waals surface area contributed by atoms with Gasteiger partial charge in [-0.15, -0.1) is 0 Å². The molecule has 0 aromatic rings. The van der Waals surface area contributed by atoms with Crippen LogP contribution in [0.3, 0.4) is 0 Å². The van der Waals surface area contributed by atoms with Crippen LogP contribution in [0.1, 0.15) is 6.92 Å². The van der Waals surface area contributed by atoms with Gasteiger partial charge in [0.1, 0.15) is 12.2 Å². The topological polar surface area (TPSA) is 69.9 Å². The van der Waals surface area contributed by atoms with E-state index in [2.05, 4.69) is 6.58 Å². The van der Waals surface area contributed by atoms with Gasteiger partial charge in [-0.05, 0) is 6.92 Å². The first kappa shape index (κ1) is 8.67. The molecule has 0 aromatic heterocycles. The predicted octanol–water partition coefficient (Wildman–Crippen LogP) is -0.997. The maximum Gasteiger partial charge on any atom is 0.188 e. The first-order valence-corrected chi connectivity index (χ1v) is 3.37. The molecule has 0 spiro atoms. The third-order valence-corrected chi connectivity index (χ3v) is 1.87. The number of ether oxygens (including phenoxy) is 1. The molecule has 0 saturated carbocycles. The Balaban J connectivity index is 2.77. The van der Waals surface area contributed by atoms with Crippen molar-refractivity contribution in [2.24, 2.45) is 0 Å². The molecule has 1 unspecified atom stereocenters. The maximum atomic E-state index is 9.34. The van der Waals surface area contributed by atoms with Gasteiger partial charge in [-0.25, -0.2) is 0 Å². The summed E-state index contributed by atoms with van der Waals surface area (Å²) in [5, 5.41) is 27.2. The van der Waals surface area contributed by atoms with Crippen molar-refractivity contribution in [2.75, 3.05) is 6.61 Å². The van der Waals surface area contributed by atoms with Crippen molar-refractivity contribution in [3.8, 4) is 0 Å². The van der Waals surface area contributed by atoms with Gasteiger partial charge < -0.3 is 20.1 Å². The van der Waals surface area contributed by atoms with Crippen LogP contribution < -0.4 is 0 Å². The van der Waals surface area contributed by atoms with Gasteiger partial charge in [0.2, 0.25) is 0 Å². The molecule has 0 aromatic carbocycles. The van der Waals surface area contributed by atoms with Crippen LogP contribution >= 0.6 is 0 Å². The van der Waals surface area contributed by atoms with E-state index in [9.17, 15) is 10.2 Å². The molecule has 1 heterocycles. The molecular formula is C7H12O4. The third-order valence-electron chi connectivity index (χ3n) is 1.87. The molecule has 1 aliphatic rings. The Labute approximate surface area is 64.7 Å². The molecular weight excluding hydrogens is 148 g/mol. The Morgan fingerprint density at radius 2 is 2.27 bits per heavy atom. The van der Waals surface area contributed by atoms with E-state index < -0.39 is 18.0 Å². The molecule has 64 valence electrons. The molecule has 1 rings (SSSR count). The normalized spacial score (nSPS) is 44.9. The molecule has 0 amide bonds. The number of rotatable bonds is 1. The second-order valence-corrected chi connectivity index (χ2v) is 2.79. The van der Waals surface area contributed by atoms with Crippen molar-refractivity contribution in [3.05, 3.63) is 12.2 Å². The number of aliphatic hydroxyl groups is 3. The minimum Gasteiger partial charge on any atom is -0.394 e. The second kappa shape index (κ2) is 2.57. The van der Waals surface area contributed by atoms with Crippen LogP contribution in [0, 0.1) is 0 Å². The van der Waals surface area contributed by atoms with E-state index in [0.717, 1.165) is 0 Å². The van der Waals surface area contributed by atoms with E-state index in [0.29, 0.717) is 0 Å². The van der Waals surface area contributed by atoms with Gasteiger partial charge in [0.05, 0.1) is 6.61 Å². The Bertz CT molecular complexity index is 175. The molecule has 3 N–H and O–H groups in total. The second-order valence-electron chi connectivity index (χ2n) is 2.79. The van der Waals surface area contributed by atoms with Crippen LogP contribution in [-0.4, -0.2) is 39.9 Å². The molecule has 1 saturated heterocycles. The quantitative estimate of drug-likeness (QED) is 0.430. The summed E-state index contributed by atoms with van der Waals surface area (Å²) >= 11 is 0. The third kappa shape index (κ3) is 1.30. The molecule has 0 radical (unpaired) electrons. The molecule has 1 aliphatic heterocycles. The lowest BCUT2D eigenvalue weighted by Crippen LogP contribution is -2.26. The summed E-state index contributed by atoms with van der Waals surface area (Å²) < 4.78 is 4.88. The fourth-order valence-corrected chi connectivity index (χ4v) is 1.07. The number of hydrogen-bond donors (Lipinski definition) is 3. The zero-order valence-electron chi connectivity index (χ0n) is 6.32. The smallest absolute Gasteiger partial charge is 0.188 e. The highest BCUT2D eigenvalue weighted by Crippen LogP contribution is 2.31. The van der Waals surface area contributed by atoms with Gasteiger partial charge in [-0.1, -0.05) is 6.58 Å². The molecule has 4 heteroatoms. The van der Waals surface area contributed by atoms with Crippen molar-refractivity contribution >= 4 is 0 Å². The Morgan fingerprint density at radius 1 is 1.73 bits per heavy atom. The highest BCUT2D eigenvalue weighted by molar-refractivity contribution is 5.18. The summed E-state index contributed by atoms with van der Waals surface area (Å²) in [5.74, 6) is -1.51. The van der Waals surface area contributed by atoms with Crippen LogP contribution in [0.5, 0.6) is 0 Å². The highest BCUT2D eigenvalue weighted by Gasteiger charge is 2.44. The van der Waals surface area contributed by atoms with Crippen LogP contribution in [0.15, 0.2) is 12.2 Å². The van der Waals surface area contributed by atoms with Crippen molar-refractivity contribution in [1.29, 1.82) is 0 Å². The fourth-order valence-electron chi connectivity index (χ4n) is 1.07. The standard InChI is InChI=1S/C7H12O4/c1-4-6(9)5(3-8)11-7(4,2)10/h5-6,8-10H,1,3H2,2H3/t5-,6+,7?/m1/s1. The highest BCUT2D eigenvalue weighted by atomic mass is 16.6. The Morgan fingerprint density at radius 3 is 2.45 bits per heavy atom. The average molecular weight is 160 g/mol. The SMILES string of the molecule is C=C1[C@H](O)[C@@H](CO)OC1(C)O. The van der Waals surface area contributed by atoms with E-state index in [-0.39, 0.29) is 12.2 Å². The van der Waals surface area contributed by atoms with Gasteiger partial charge in [0.25, 0.3) is 0 Å². The van der Waals surface area contributed by atoms with Gasteiger partial charge in [-0.3, -0.25) is 0 Å². The zero-order chi connectivity index (χ0) is 8.65. The molecule has 0 bridgehead atoms. The lowest BCUT2D eigenvalue weighted by atomic mass is 10.1. The van der Waals surface area contributed by atoms with E-state index >= 15 is 0 Å². The maximum absolute atomic E-state index is 9.34. The average Bonchev–Trinajstić information content (AvgIpc) is 2.13. The lowest BCUT2D eigenvalue weighted by molar-refractivity contribution is -0.171. The van der Waals surface area contributed by atoms with Crippen LogP contribution in [-0.2, 0) is 4.74 Å². The molecule has 11 heavy (non-hydrogen) atoms. The van der Waals surface area contributed by atoms with Crippen LogP contribution in [0.2, 0.25) is 0 Å². The monoisotopic (exact) mass is 160 g/mol. The minimum absolute atomic E-state index is 0.191. The first-order valence-electron chi connectivity index (χ1n) is 3.37. The summed E-state index contributed by atoms with van der Waals surface area (Å²) in [7, 11) is 0. The Kier molecular flexibility index (Phi) is 2.02. The van der Waals surface area contributed by atoms with Gasteiger partial charge >= 0.3 is 0 Å². The zero-order valence-corrected chi connectivity index (χ0v) is 6.32. The van der Waals surface area contributed by atoms with Crippen LogP contribution in [0.25, 0.3) is 0 Å². The summed E-state index contributed by atoms with van der Waals surface area (Å²) in [6, 6.07) is 0. The first-order chi connectivity index (χ1) is 4.99. The van der Waals surface area contributed by atoms with E-state index in [1.54, 1.807) is 0 Å². The number of aliphatic hydroxyl groups excluding tert-OH is 2. The van der Waals surface area contributed by atoms with Crippen molar-refractivity contribution in [1.82, 2.24) is 0 Å². The number of hydrogen-bond acceptors (Lipinski definition) is 4. The molecule has 0 aliphatic carbocycles. The summed E-state index contributed by atoms with van der Waals surface area (Å²) in [5.41, 5.74) is 0.191. The predicted molar refractivity (Wildman–Crippen MR) is 37.7 cm³/mol. The summed E-state index contributed by atoms with van der Waals surface area (Å²) in [4.78, 5) is 0. The van der Waals surface area contributed by atoms with Crippen molar-refractivity contribution in [3.63, 3.8) is 0 Å². The Hall–Kier alpha value is -0.420. The van der Waals surface area contributed by atoms with Crippen LogP contribution in [0.4, 0.5) is 0 Å². The molecule has 3 atom stereocenters. The van der Waals surface area contributed by atoms with E-state index in [1.165, 1.54) is 6.92 Å². The van der Waals surface area contributed by atoms with Gasteiger partial charge in [0, 0.05) is 5.57 Å².